The summed E-state index contributed by atoms with van der Waals surface area (Å²) in [6.07, 6.45) is -1.07. The van der Waals surface area contributed by atoms with Crippen LogP contribution >= 0.6 is 11.6 Å². The Morgan fingerprint density at radius 3 is 2.66 bits per heavy atom. The fraction of sp³-hybridized carbons (Fsp3) is 0.333. The zero-order valence-electron chi connectivity index (χ0n) is 16.8. The third-order valence-electron chi connectivity index (χ3n) is 5.60. The zero-order chi connectivity index (χ0) is 23.1. The number of primary sulfonamides is 1. The van der Waals surface area contributed by atoms with E-state index in [9.17, 15) is 21.6 Å². The van der Waals surface area contributed by atoms with Gasteiger partial charge in [-0.25, -0.2) is 23.5 Å². The number of hydrogen-bond acceptors (Lipinski definition) is 5. The van der Waals surface area contributed by atoms with Gasteiger partial charge in [0, 0.05) is 23.5 Å². The predicted molar refractivity (Wildman–Crippen MR) is 116 cm³/mol. The molecule has 1 atom stereocenters. The van der Waals surface area contributed by atoms with E-state index in [-0.39, 0.29) is 15.8 Å². The average molecular weight is 485 g/mol. The molecule has 3 aromatic rings. The molecule has 11 heteroatoms. The summed E-state index contributed by atoms with van der Waals surface area (Å²) in [5, 5.41) is 5.96. The van der Waals surface area contributed by atoms with Crippen LogP contribution in [-0.2, 0) is 22.6 Å². The number of alkyl halides is 3. The van der Waals surface area contributed by atoms with Gasteiger partial charge in [-0.2, -0.15) is 13.2 Å². The lowest BCUT2D eigenvalue weighted by Crippen LogP contribution is -2.37. The van der Waals surface area contributed by atoms with Crippen LogP contribution in [0.1, 0.15) is 24.0 Å². The molecule has 2 aromatic carbocycles. The van der Waals surface area contributed by atoms with E-state index in [1.807, 2.05) is 4.90 Å². The normalized spacial score (nSPS) is 17.7. The first-order valence-corrected chi connectivity index (χ1v) is 11.8. The van der Waals surface area contributed by atoms with E-state index in [1.54, 1.807) is 12.1 Å². The zero-order valence-corrected chi connectivity index (χ0v) is 18.4. The quantitative estimate of drug-likeness (QED) is 0.592. The second-order valence-corrected chi connectivity index (χ2v) is 9.85. The Balaban J connectivity index is 1.64. The van der Waals surface area contributed by atoms with Gasteiger partial charge in [-0.05, 0) is 61.1 Å². The van der Waals surface area contributed by atoms with Crippen LogP contribution < -0.4 is 10.0 Å². The van der Waals surface area contributed by atoms with Gasteiger partial charge in [-0.15, -0.1) is 0 Å². The van der Waals surface area contributed by atoms with Gasteiger partial charge in [0.2, 0.25) is 10.0 Å². The number of nitrogens with zero attached hydrogens (tertiary/aromatic N) is 3. The number of hydrogen-bond donors (Lipinski definition) is 1. The van der Waals surface area contributed by atoms with Crippen LogP contribution in [0.4, 0.5) is 19.0 Å². The van der Waals surface area contributed by atoms with Crippen molar-refractivity contribution in [1.29, 1.82) is 0 Å². The van der Waals surface area contributed by atoms with Gasteiger partial charge in [0.1, 0.15) is 12.1 Å². The molecule has 1 aromatic heterocycles. The molecule has 6 nitrogen and oxygen atoms in total. The molecule has 1 unspecified atom stereocenters. The molecule has 0 amide bonds. The minimum absolute atomic E-state index is 0.00979. The number of rotatable bonds is 4. The van der Waals surface area contributed by atoms with E-state index >= 15 is 0 Å². The summed E-state index contributed by atoms with van der Waals surface area (Å²) in [5.41, 5.74) is 0.239. The number of piperidine rings is 1. The summed E-state index contributed by atoms with van der Waals surface area (Å²) in [4.78, 5) is 10.3. The van der Waals surface area contributed by atoms with Crippen LogP contribution in [0.5, 0.6) is 0 Å². The third-order valence-corrected chi connectivity index (χ3v) is 6.83. The molecule has 1 aliphatic rings. The Labute approximate surface area is 188 Å². The maximum atomic E-state index is 13.2. The number of nitrogens with two attached hydrogens (primary N) is 1. The van der Waals surface area contributed by atoms with E-state index in [4.69, 9.17) is 16.7 Å². The van der Waals surface area contributed by atoms with Crippen LogP contribution in [0.25, 0.3) is 10.9 Å². The first kappa shape index (κ1) is 22.8. The molecule has 1 aliphatic heterocycles. The highest BCUT2D eigenvalue weighted by Gasteiger charge is 2.31. The number of aromatic nitrogens is 2. The lowest BCUT2D eigenvalue weighted by molar-refractivity contribution is -0.137. The van der Waals surface area contributed by atoms with Crippen molar-refractivity contribution in [2.45, 2.75) is 30.3 Å². The summed E-state index contributed by atoms with van der Waals surface area (Å²) in [7, 11) is -3.95. The average Bonchev–Trinajstić information content (AvgIpc) is 2.73. The summed E-state index contributed by atoms with van der Waals surface area (Å²) < 4.78 is 63.7. The van der Waals surface area contributed by atoms with E-state index in [2.05, 4.69) is 9.97 Å². The number of sulfonamides is 1. The summed E-state index contributed by atoms with van der Waals surface area (Å²) >= 11 is 5.95. The fourth-order valence-corrected chi connectivity index (χ4v) is 5.21. The van der Waals surface area contributed by atoms with Gasteiger partial charge in [0.05, 0.1) is 16.0 Å². The Morgan fingerprint density at radius 2 is 1.94 bits per heavy atom. The van der Waals surface area contributed by atoms with Crippen molar-refractivity contribution < 1.29 is 21.6 Å². The monoisotopic (exact) mass is 484 g/mol. The van der Waals surface area contributed by atoms with Gasteiger partial charge in [0.25, 0.3) is 0 Å². The van der Waals surface area contributed by atoms with Crippen LogP contribution in [-0.4, -0.2) is 31.5 Å². The first-order chi connectivity index (χ1) is 15.0. The fourth-order valence-electron chi connectivity index (χ4n) is 4.17. The molecule has 1 fully saturated rings. The molecule has 170 valence electrons. The molecule has 0 aliphatic carbocycles. The Kier molecular flexibility index (Phi) is 6.04. The third kappa shape index (κ3) is 4.82. The summed E-state index contributed by atoms with van der Waals surface area (Å²) in [5.74, 6) is 0.495. The molecular weight excluding hydrogens is 465 g/mol. The van der Waals surface area contributed by atoms with E-state index in [0.29, 0.717) is 41.8 Å². The SMILES string of the molecule is NS(=O)(=O)c1cc(Cl)ccc1CC1CCCN(c2ncnc3ccc(C(F)(F)F)cc23)C1. The molecule has 1 saturated heterocycles. The van der Waals surface area contributed by atoms with Crippen molar-refractivity contribution >= 4 is 38.3 Å². The Morgan fingerprint density at radius 1 is 1.16 bits per heavy atom. The molecule has 2 heterocycles. The Bertz CT molecular complexity index is 1270. The molecular formula is C21H20ClF3N4O2S. The summed E-state index contributed by atoms with van der Waals surface area (Å²) in [6, 6.07) is 8.03. The molecule has 4 rings (SSSR count). The van der Waals surface area contributed by atoms with Crippen molar-refractivity contribution in [2.24, 2.45) is 11.1 Å². The van der Waals surface area contributed by atoms with Crippen LogP contribution in [0, 0.1) is 5.92 Å². The Hall–Kier alpha value is -2.43. The molecule has 2 N–H and O–H groups in total. The van der Waals surface area contributed by atoms with E-state index in [0.717, 1.165) is 25.0 Å². The molecule has 0 bridgehead atoms. The predicted octanol–water partition coefficient (Wildman–Crippen LogP) is 4.41. The van der Waals surface area contributed by atoms with Gasteiger partial charge >= 0.3 is 6.18 Å². The van der Waals surface area contributed by atoms with Gasteiger partial charge in [-0.1, -0.05) is 17.7 Å². The molecule has 0 saturated carbocycles. The maximum Gasteiger partial charge on any atom is 0.416 e. The largest absolute Gasteiger partial charge is 0.416 e. The standard InChI is InChI=1S/C21H20ClF3N4O2S/c22-16-5-3-14(19(10-16)32(26,30)31)8-13-2-1-7-29(11-13)20-17-9-15(21(23,24)25)4-6-18(17)27-12-28-20/h3-6,9-10,12-13H,1-2,7-8,11H2,(H2,26,30,31). The van der Waals surface area contributed by atoms with E-state index in [1.165, 1.54) is 18.5 Å². The molecule has 0 spiro atoms. The number of fused-ring (bicyclic) bond motifs is 1. The van der Waals surface area contributed by atoms with Crippen LogP contribution in [0.2, 0.25) is 5.02 Å². The van der Waals surface area contributed by atoms with Crippen molar-refractivity contribution in [3.05, 3.63) is 58.9 Å². The highest BCUT2D eigenvalue weighted by atomic mass is 35.5. The minimum Gasteiger partial charge on any atom is -0.356 e. The van der Waals surface area contributed by atoms with Crippen molar-refractivity contribution in [1.82, 2.24) is 9.97 Å². The lowest BCUT2D eigenvalue weighted by Gasteiger charge is -2.34. The maximum absolute atomic E-state index is 13.2. The highest BCUT2D eigenvalue weighted by Crippen LogP contribution is 2.35. The van der Waals surface area contributed by atoms with Crippen molar-refractivity contribution in [3.8, 4) is 0 Å². The second-order valence-electron chi connectivity index (χ2n) is 7.88. The summed E-state index contributed by atoms with van der Waals surface area (Å²) in [6.45, 7) is 1.14. The number of anilines is 1. The number of halogens is 4. The van der Waals surface area contributed by atoms with Crippen molar-refractivity contribution in [2.75, 3.05) is 18.0 Å². The lowest BCUT2D eigenvalue weighted by atomic mass is 9.91. The van der Waals surface area contributed by atoms with Gasteiger partial charge in [-0.3, -0.25) is 0 Å². The second kappa shape index (κ2) is 8.49. The van der Waals surface area contributed by atoms with Gasteiger partial charge in [0.15, 0.2) is 0 Å². The first-order valence-electron chi connectivity index (χ1n) is 9.90. The van der Waals surface area contributed by atoms with Gasteiger partial charge < -0.3 is 4.90 Å². The van der Waals surface area contributed by atoms with Crippen molar-refractivity contribution in [3.63, 3.8) is 0 Å². The van der Waals surface area contributed by atoms with E-state index < -0.39 is 21.8 Å². The van der Waals surface area contributed by atoms with Crippen LogP contribution in [0.15, 0.2) is 47.6 Å². The topological polar surface area (TPSA) is 89.2 Å². The smallest absolute Gasteiger partial charge is 0.356 e. The molecule has 32 heavy (non-hydrogen) atoms. The van der Waals surface area contributed by atoms with Crippen LogP contribution in [0.3, 0.4) is 0 Å². The molecule has 0 radical (unpaired) electrons. The minimum atomic E-state index is -4.47. The number of benzene rings is 2. The highest BCUT2D eigenvalue weighted by molar-refractivity contribution is 7.89.